The largest absolute Gasteiger partial charge is 0.402 e. The van der Waals surface area contributed by atoms with Crippen LogP contribution in [0.5, 0.6) is 0 Å². The van der Waals surface area contributed by atoms with E-state index < -0.39 is 10.9 Å². The molecule has 0 radical (unpaired) electrons. The van der Waals surface area contributed by atoms with Crippen LogP contribution in [0.4, 0.5) is 5.69 Å². The number of cyclic esters (lactones) is 1. The zero-order valence-corrected chi connectivity index (χ0v) is 14.9. The van der Waals surface area contributed by atoms with Crippen molar-refractivity contribution in [2.24, 2.45) is 4.99 Å². The number of hydrogen-bond acceptors (Lipinski definition) is 5. The van der Waals surface area contributed by atoms with Gasteiger partial charge in [-0.3, -0.25) is 10.1 Å². The highest BCUT2D eigenvalue weighted by Crippen LogP contribution is 2.27. The second-order valence-electron chi connectivity index (χ2n) is 6.08. The predicted octanol–water partition coefficient (Wildman–Crippen LogP) is 4.72. The lowest BCUT2D eigenvalue weighted by atomic mass is 10.0. The van der Waals surface area contributed by atoms with E-state index in [9.17, 15) is 14.9 Å². The third-order valence-corrected chi connectivity index (χ3v) is 4.24. The van der Waals surface area contributed by atoms with Crippen molar-refractivity contribution in [2.75, 3.05) is 0 Å². The molecule has 3 rings (SSSR count). The minimum atomic E-state index is -0.606. The summed E-state index contributed by atoms with van der Waals surface area (Å²) in [7, 11) is 0. The summed E-state index contributed by atoms with van der Waals surface area (Å²) in [6, 6.07) is 11.9. The third kappa shape index (κ3) is 3.65. The van der Waals surface area contributed by atoms with Crippen molar-refractivity contribution >= 4 is 35.2 Å². The SMILES string of the molecule is CC(C)c1ccc(/C=C2/N=C(c3ccc(Cl)c([N+](=O)[O-])c3)OC2=O)cc1. The molecule has 2 aromatic rings. The molecule has 0 amide bonds. The van der Waals surface area contributed by atoms with Gasteiger partial charge in [0.15, 0.2) is 5.70 Å². The fraction of sp³-hybridized carbons (Fsp3) is 0.158. The summed E-state index contributed by atoms with van der Waals surface area (Å²) in [5, 5.41) is 11.0. The van der Waals surface area contributed by atoms with Gasteiger partial charge in [0.25, 0.3) is 5.69 Å². The van der Waals surface area contributed by atoms with E-state index in [0.29, 0.717) is 11.5 Å². The van der Waals surface area contributed by atoms with Gasteiger partial charge in [0, 0.05) is 11.6 Å². The fourth-order valence-electron chi connectivity index (χ4n) is 2.45. The summed E-state index contributed by atoms with van der Waals surface area (Å²) >= 11 is 5.80. The monoisotopic (exact) mass is 370 g/mol. The summed E-state index contributed by atoms with van der Waals surface area (Å²) in [4.78, 5) is 26.6. The Morgan fingerprint density at radius 1 is 1.19 bits per heavy atom. The average molecular weight is 371 g/mol. The molecule has 0 bridgehead atoms. The maximum absolute atomic E-state index is 12.1. The van der Waals surface area contributed by atoms with E-state index in [1.54, 1.807) is 6.08 Å². The molecular formula is C19H15ClN2O4. The van der Waals surface area contributed by atoms with E-state index in [1.165, 1.54) is 23.8 Å². The Labute approximate surface area is 154 Å². The molecule has 7 heteroatoms. The van der Waals surface area contributed by atoms with Crippen molar-refractivity contribution in [3.8, 4) is 0 Å². The van der Waals surface area contributed by atoms with Crippen molar-refractivity contribution in [3.63, 3.8) is 0 Å². The van der Waals surface area contributed by atoms with Gasteiger partial charge in [-0.05, 0) is 35.3 Å². The second kappa shape index (κ2) is 7.09. The van der Waals surface area contributed by atoms with Crippen molar-refractivity contribution < 1.29 is 14.5 Å². The third-order valence-electron chi connectivity index (χ3n) is 3.92. The first-order valence-electron chi connectivity index (χ1n) is 7.92. The summed E-state index contributed by atoms with van der Waals surface area (Å²) in [5.41, 5.74) is 2.18. The molecule has 0 aliphatic carbocycles. The molecule has 0 aromatic heterocycles. The summed E-state index contributed by atoms with van der Waals surface area (Å²) in [5.74, 6) is -0.177. The molecule has 0 spiro atoms. The van der Waals surface area contributed by atoms with Crippen LogP contribution in [0.2, 0.25) is 5.02 Å². The van der Waals surface area contributed by atoms with Crippen LogP contribution in [0.25, 0.3) is 6.08 Å². The molecule has 26 heavy (non-hydrogen) atoms. The highest BCUT2D eigenvalue weighted by Gasteiger charge is 2.26. The van der Waals surface area contributed by atoms with Gasteiger partial charge in [-0.2, -0.15) is 0 Å². The number of aliphatic imine (C=N–C) groups is 1. The second-order valence-corrected chi connectivity index (χ2v) is 6.49. The lowest BCUT2D eigenvalue weighted by molar-refractivity contribution is -0.384. The number of nitro benzene ring substituents is 1. The molecular weight excluding hydrogens is 356 g/mol. The molecule has 0 N–H and O–H groups in total. The molecule has 0 saturated carbocycles. The van der Waals surface area contributed by atoms with Gasteiger partial charge in [0.05, 0.1) is 4.92 Å². The Bertz CT molecular complexity index is 947. The molecule has 2 aromatic carbocycles. The number of ether oxygens (including phenoxy) is 1. The highest BCUT2D eigenvalue weighted by molar-refractivity contribution is 6.32. The first kappa shape index (κ1) is 17.8. The molecule has 132 valence electrons. The van der Waals surface area contributed by atoms with Crippen molar-refractivity contribution in [1.29, 1.82) is 0 Å². The molecule has 1 aliphatic rings. The normalized spacial score (nSPS) is 15.3. The molecule has 0 fully saturated rings. The molecule has 1 aliphatic heterocycles. The zero-order valence-electron chi connectivity index (χ0n) is 14.1. The van der Waals surface area contributed by atoms with Gasteiger partial charge in [0.2, 0.25) is 5.90 Å². The first-order chi connectivity index (χ1) is 12.3. The number of esters is 1. The Kier molecular flexibility index (Phi) is 4.86. The molecule has 6 nitrogen and oxygen atoms in total. The number of nitro groups is 1. The predicted molar refractivity (Wildman–Crippen MR) is 99.2 cm³/mol. The van der Waals surface area contributed by atoms with Crippen molar-refractivity contribution in [2.45, 2.75) is 19.8 Å². The Hall–Kier alpha value is -2.99. The van der Waals surface area contributed by atoms with Gasteiger partial charge in [0.1, 0.15) is 5.02 Å². The summed E-state index contributed by atoms with van der Waals surface area (Å²) in [6.07, 6.45) is 1.61. The van der Waals surface area contributed by atoms with Crippen LogP contribution in [0.15, 0.2) is 53.2 Å². The summed E-state index contributed by atoms with van der Waals surface area (Å²) < 4.78 is 5.15. The van der Waals surface area contributed by atoms with Crippen LogP contribution < -0.4 is 0 Å². The van der Waals surface area contributed by atoms with Crippen LogP contribution in [-0.2, 0) is 9.53 Å². The number of nitrogens with zero attached hydrogens (tertiary/aromatic N) is 2. The van der Waals surface area contributed by atoms with E-state index >= 15 is 0 Å². The van der Waals surface area contributed by atoms with Gasteiger partial charge in [-0.25, -0.2) is 9.79 Å². The van der Waals surface area contributed by atoms with E-state index in [2.05, 4.69) is 18.8 Å². The van der Waals surface area contributed by atoms with Gasteiger partial charge < -0.3 is 4.74 Å². The minimum Gasteiger partial charge on any atom is -0.402 e. The first-order valence-corrected chi connectivity index (χ1v) is 8.30. The summed E-state index contributed by atoms with van der Waals surface area (Å²) in [6.45, 7) is 4.20. The van der Waals surface area contributed by atoms with Gasteiger partial charge in [-0.15, -0.1) is 0 Å². The smallest absolute Gasteiger partial charge is 0.363 e. The molecule has 0 atom stereocenters. The Morgan fingerprint density at radius 3 is 2.50 bits per heavy atom. The Balaban J connectivity index is 1.91. The lowest BCUT2D eigenvalue weighted by Crippen LogP contribution is -2.06. The quantitative estimate of drug-likeness (QED) is 0.337. The molecule has 1 heterocycles. The Morgan fingerprint density at radius 2 is 1.88 bits per heavy atom. The maximum Gasteiger partial charge on any atom is 0.363 e. The van der Waals surface area contributed by atoms with E-state index in [0.717, 1.165) is 5.56 Å². The highest BCUT2D eigenvalue weighted by atomic mass is 35.5. The van der Waals surface area contributed by atoms with Crippen LogP contribution in [0, 0.1) is 10.1 Å². The standard InChI is InChI=1S/C19H15ClN2O4/c1-11(2)13-5-3-12(4-6-13)9-16-19(23)26-18(21-16)14-7-8-15(20)17(10-14)22(24)25/h3-11H,1-2H3/b16-9+. The lowest BCUT2D eigenvalue weighted by Gasteiger charge is -2.04. The zero-order chi connectivity index (χ0) is 18.8. The molecule has 0 saturated heterocycles. The van der Waals surface area contributed by atoms with Gasteiger partial charge in [-0.1, -0.05) is 49.7 Å². The van der Waals surface area contributed by atoms with Crippen LogP contribution in [-0.4, -0.2) is 16.8 Å². The number of rotatable bonds is 4. The van der Waals surface area contributed by atoms with Crippen molar-refractivity contribution in [3.05, 3.63) is 80.0 Å². The fourth-order valence-corrected chi connectivity index (χ4v) is 2.64. The number of carbonyl (C=O) groups is 1. The molecule has 0 unspecified atom stereocenters. The minimum absolute atomic E-state index is 0.00433. The van der Waals surface area contributed by atoms with Crippen molar-refractivity contribution in [1.82, 2.24) is 0 Å². The van der Waals surface area contributed by atoms with Crippen LogP contribution in [0.3, 0.4) is 0 Å². The maximum atomic E-state index is 12.1. The van der Waals surface area contributed by atoms with Crippen LogP contribution in [0.1, 0.15) is 36.5 Å². The number of hydrogen-bond donors (Lipinski definition) is 0. The van der Waals surface area contributed by atoms with E-state index in [1.807, 2.05) is 24.3 Å². The van der Waals surface area contributed by atoms with E-state index in [4.69, 9.17) is 16.3 Å². The van der Waals surface area contributed by atoms with Gasteiger partial charge >= 0.3 is 5.97 Å². The van der Waals surface area contributed by atoms with E-state index in [-0.39, 0.29) is 22.3 Å². The topological polar surface area (TPSA) is 81.8 Å². The average Bonchev–Trinajstić information content (AvgIpc) is 2.96. The number of halogens is 1. The van der Waals surface area contributed by atoms with Crippen LogP contribution >= 0.6 is 11.6 Å². The number of benzene rings is 2. The number of carbonyl (C=O) groups excluding carboxylic acids is 1.